The van der Waals surface area contributed by atoms with Crippen molar-refractivity contribution in [3.8, 4) is 0 Å². The predicted molar refractivity (Wildman–Crippen MR) is 61.8 cm³/mol. The molecule has 0 aromatic carbocycles. The fourth-order valence-corrected chi connectivity index (χ4v) is 2.08. The molecule has 92 valence electrons. The van der Waals surface area contributed by atoms with E-state index in [0.29, 0.717) is 6.42 Å². The number of primary amides is 1. The van der Waals surface area contributed by atoms with E-state index >= 15 is 0 Å². The maximum Gasteiger partial charge on any atom is 0.318 e. The first-order valence-corrected chi connectivity index (χ1v) is 5.93. The Morgan fingerprint density at radius 2 is 2.00 bits per heavy atom. The summed E-state index contributed by atoms with van der Waals surface area (Å²) < 4.78 is 0. The topological polar surface area (TPSA) is 75.4 Å². The van der Waals surface area contributed by atoms with E-state index in [9.17, 15) is 9.59 Å². The van der Waals surface area contributed by atoms with Crippen LogP contribution in [0.2, 0.25) is 0 Å². The molecule has 0 atom stereocenters. The van der Waals surface area contributed by atoms with Crippen LogP contribution in [0.25, 0.3) is 0 Å². The Labute approximate surface area is 96.4 Å². The summed E-state index contributed by atoms with van der Waals surface area (Å²) in [6.45, 7) is 5.06. The molecule has 3 N–H and O–H groups in total. The maximum atomic E-state index is 11.2. The Balaban J connectivity index is 2.14. The number of nitrogens with two attached hydrogens (primary N) is 1. The Morgan fingerprint density at radius 1 is 1.38 bits per heavy atom. The van der Waals surface area contributed by atoms with Crippen molar-refractivity contribution in [1.82, 2.24) is 10.2 Å². The average molecular weight is 227 g/mol. The molecule has 0 aromatic rings. The normalized spacial score (nSPS) is 18.3. The lowest BCUT2D eigenvalue weighted by Gasteiger charge is -2.31. The molecule has 3 amide bonds. The lowest BCUT2D eigenvalue weighted by Crippen LogP contribution is -2.39. The smallest absolute Gasteiger partial charge is 0.318 e. The molecule has 5 heteroatoms. The highest BCUT2D eigenvalue weighted by Gasteiger charge is 2.18. The number of hydrogen-bond acceptors (Lipinski definition) is 3. The molecule has 0 spiro atoms. The van der Waals surface area contributed by atoms with Gasteiger partial charge in [0, 0.05) is 13.0 Å². The number of urea groups is 1. The van der Waals surface area contributed by atoms with Crippen LogP contribution >= 0.6 is 0 Å². The van der Waals surface area contributed by atoms with Crippen LogP contribution in [0.1, 0.15) is 32.6 Å². The van der Waals surface area contributed by atoms with Gasteiger partial charge in [0.2, 0.25) is 5.91 Å². The van der Waals surface area contributed by atoms with Crippen LogP contribution in [0.3, 0.4) is 0 Å². The van der Waals surface area contributed by atoms with Crippen molar-refractivity contribution in [3.63, 3.8) is 0 Å². The average Bonchev–Trinajstić information content (AvgIpc) is 2.26. The van der Waals surface area contributed by atoms with Crippen molar-refractivity contribution in [1.29, 1.82) is 0 Å². The number of nitrogens with one attached hydrogen (secondary N) is 1. The van der Waals surface area contributed by atoms with Crippen LogP contribution in [-0.4, -0.2) is 36.5 Å². The molecule has 0 saturated carbocycles. The van der Waals surface area contributed by atoms with Crippen LogP contribution in [0.15, 0.2) is 0 Å². The first-order valence-electron chi connectivity index (χ1n) is 5.93. The van der Waals surface area contributed by atoms with Crippen LogP contribution in [0.4, 0.5) is 4.79 Å². The Morgan fingerprint density at radius 3 is 2.50 bits per heavy atom. The molecule has 1 saturated heterocycles. The minimum absolute atomic E-state index is 0.287. The zero-order valence-electron chi connectivity index (χ0n) is 9.87. The molecule has 0 unspecified atom stereocenters. The molecular formula is C11H21N3O2. The number of carbonyl (C=O) groups excluding carboxylic acids is 2. The van der Waals surface area contributed by atoms with Gasteiger partial charge in [-0.3, -0.25) is 10.1 Å². The summed E-state index contributed by atoms with van der Waals surface area (Å²) in [5, 5.41) is 2.08. The Bertz CT molecular complexity index is 248. The van der Waals surface area contributed by atoms with Crippen molar-refractivity contribution in [2.24, 2.45) is 11.7 Å². The van der Waals surface area contributed by atoms with E-state index in [0.717, 1.165) is 25.6 Å². The van der Waals surface area contributed by atoms with E-state index in [2.05, 4.69) is 17.1 Å². The Hall–Kier alpha value is -1.10. The highest BCUT2D eigenvalue weighted by atomic mass is 16.2. The van der Waals surface area contributed by atoms with Crippen LogP contribution in [-0.2, 0) is 4.79 Å². The molecule has 1 heterocycles. The maximum absolute atomic E-state index is 11.2. The SMILES string of the molecule is CCC1CCN(CCC(=O)NC(N)=O)CC1. The van der Waals surface area contributed by atoms with Crippen molar-refractivity contribution in [2.75, 3.05) is 19.6 Å². The fraction of sp³-hybridized carbons (Fsp3) is 0.818. The molecule has 0 bridgehead atoms. The van der Waals surface area contributed by atoms with Crippen molar-refractivity contribution < 1.29 is 9.59 Å². The lowest BCUT2D eigenvalue weighted by molar-refractivity contribution is -0.120. The van der Waals surface area contributed by atoms with Crippen molar-refractivity contribution in [3.05, 3.63) is 0 Å². The number of imide groups is 1. The number of likely N-dealkylation sites (tertiary alicyclic amines) is 1. The van der Waals surface area contributed by atoms with Gasteiger partial charge in [-0.2, -0.15) is 0 Å². The zero-order valence-corrected chi connectivity index (χ0v) is 9.87. The highest BCUT2D eigenvalue weighted by Crippen LogP contribution is 2.19. The number of piperidine rings is 1. The second kappa shape index (κ2) is 6.48. The molecule has 0 aromatic heterocycles. The molecular weight excluding hydrogens is 206 g/mol. The van der Waals surface area contributed by atoms with Gasteiger partial charge in [-0.1, -0.05) is 13.3 Å². The summed E-state index contributed by atoms with van der Waals surface area (Å²) >= 11 is 0. The fourth-order valence-electron chi connectivity index (χ4n) is 2.08. The van der Waals surface area contributed by atoms with Gasteiger partial charge in [-0.15, -0.1) is 0 Å². The molecule has 0 aliphatic carbocycles. The van der Waals surface area contributed by atoms with Crippen molar-refractivity contribution in [2.45, 2.75) is 32.6 Å². The van der Waals surface area contributed by atoms with Crippen molar-refractivity contribution >= 4 is 11.9 Å². The van der Waals surface area contributed by atoms with E-state index in [4.69, 9.17) is 5.73 Å². The third-order valence-electron chi connectivity index (χ3n) is 3.20. The van der Waals surface area contributed by atoms with E-state index in [-0.39, 0.29) is 5.91 Å². The van der Waals surface area contributed by atoms with Gasteiger partial charge in [0.15, 0.2) is 0 Å². The molecule has 16 heavy (non-hydrogen) atoms. The first kappa shape index (κ1) is 13.0. The molecule has 5 nitrogen and oxygen atoms in total. The zero-order chi connectivity index (χ0) is 12.0. The molecule has 0 radical (unpaired) electrons. The van der Waals surface area contributed by atoms with E-state index in [1.807, 2.05) is 0 Å². The largest absolute Gasteiger partial charge is 0.351 e. The van der Waals surface area contributed by atoms with E-state index in [1.165, 1.54) is 19.3 Å². The number of carbonyl (C=O) groups is 2. The summed E-state index contributed by atoms with van der Waals surface area (Å²) in [6.07, 6.45) is 4.03. The summed E-state index contributed by atoms with van der Waals surface area (Å²) in [5.41, 5.74) is 4.85. The van der Waals surface area contributed by atoms with Gasteiger partial charge in [0.25, 0.3) is 0 Å². The van der Waals surface area contributed by atoms with Gasteiger partial charge in [-0.05, 0) is 31.8 Å². The highest BCUT2D eigenvalue weighted by molar-refractivity contribution is 5.93. The number of amides is 3. The van der Waals surface area contributed by atoms with Gasteiger partial charge in [0.1, 0.15) is 0 Å². The van der Waals surface area contributed by atoms with E-state index in [1.54, 1.807) is 0 Å². The van der Waals surface area contributed by atoms with Gasteiger partial charge in [0.05, 0.1) is 0 Å². The number of rotatable bonds is 4. The third kappa shape index (κ3) is 4.61. The second-order valence-electron chi connectivity index (χ2n) is 4.36. The molecule has 1 aliphatic heterocycles. The first-order chi connectivity index (χ1) is 7.61. The second-order valence-corrected chi connectivity index (χ2v) is 4.36. The number of nitrogens with zero attached hydrogens (tertiary/aromatic N) is 1. The third-order valence-corrected chi connectivity index (χ3v) is 3.20. The van der Waals surface area contributed by atoms with Gasteiger partial charge in [-0.25, -0.2) is 4.79 Å². The minimum atomic E-state index is -0.769. The molecule has 1 fully saturated rings. The van der Waals surface area contributed by atoms with Crippen LogP contribution in [0, 0.1) is 5.92 Å². The number of hydrogen-bond donors (Lipinski definition) is 2. The summed E-state index contributed by atoms with van der Waals surface area (Å²) in [5.74, 6) is 0.556. The van der Waals surface area contributed by atoms with Gasteiger partial charge < -0.3 is 10.6 Å². The van der Waals surface area contributed by atoms with E-state index < -0.39 is 6.03 Å². The van der Waals surface area contributed by atoms with Gasteiger partial charge >= 0.3 is 6.03 Å². The quantitative estimate of drug-likeness (QED) is 0.742. The molecule has 1 rings (SSSR count). The predicted octanol–water partition coefficient (Wildman–Crippen LogP) is 0.693. The Kier molecular flexibility index (Phi) is 5.25. The minimum Gasteiger partial charge on any atom is -0.351 e. The summed E-state index contributed by atoms with van der Waals surface area (Å²) in [6, 6.07) is -0.769. The monoisotopic (exact) mass is 227 g/mol. The molecule has 1 aliphatic rings. The summed E-state index contributed by atoms with van der Waals surface area (Å²) in [4.78, 5) is 23.9. The standard InChI is InChI=1S/C11H21N3O2/c1-2-9-3-6-14(7-4-9)8-5-10(15)13-11(12)16/h9H,2-8H2,1H3,(H3,12,13,15,16). The summed E-state index contributed by atoms with van der Waals surface area (Å²) in [7, 11) is 0. The van der Waals surface area contributed by atoms with Crippen LogP contribution < -0.4 is 11.1 Å². The van der Waals surface area contributed by atoms with Crippen LogP contribution in [0.5, 0.6) is 0 Å². The lowest BCUT2D eigenvalue weighted by atomic mass is 9.94.